The molecule has 0 radical (unpaired) electrons. The predicted octanol–water partition coefficient (Wildman–Crippen LogP) is 0.539. The normalized spacial score (nSPS) is 17.4. The van der Waals surface area contributed by atoms with Crippen LogP contribution in [0.3, 0.4) is 0 Å². The van der Waals surface area contributed by atoms with E-state index in [-0.39, 0.29) is 5.84 Å². The molecular formula is C11H15N3OS. The van der Waals surface area contributed by atoms with Crippen molar-refractivity contribution in [1.82, 2.24) is 0 Å². The Balaban J connectivity index is 2.10. The summed E-state index contributed by atoms with van der Waals surface area (Å²) in [6, 6.07) is 7.63. The lowest BCUT2D eigenvalue weighted by Gasteiger charge is -2.28. The number of amidine groups is 1. The van der Waals surface area contributed by atoms with Gasteiger partial charge in [0, 0.05) is 46.6 Å². The Morgan fingerprint density at radius 1 is 1.25 bits per heavy atom. The summed E-state index contributed by atoms with van der Waals surface area (Å²) in [4.78, 5) is 2.21. The van der Waals surface area contributed by atoms with E-state index < -0.39 is 10.8 Å². The summed E-state index contributed by atoms with van der Waals surface area (Å²) in [6.07, 6.45) is 0. The third kappa shape index (κ3) is 2.41. The van der Waals surface area contributed by atoms with Crippen LogP contribution in [0.2, 0.25) is 0 Å². The molecule has 0 unspecified atom stereocenters. The Labute approximate surface area is 97.4 Å². The van der Waals surface area contributed by atoms with Crippen LogP contribution in [0.25, 0.3) is 0 Å². The van der Waals surface area contributed by atoms with Crippen molar-refractivity contribution in [3.8, 4) is 0 Å². The standard InChI is InChI=1S/C11H15N3OS/c12-11(13)9-1-3-10(4-2-9)14-5-7-16(15)8-6-14/h1-4H,5-8H2,(H3,12,13). The van der Waals surface area contributed by atoms with Crippen molar-refractivity contribution in [3.63, 3.8) is 0 Å². The van der Waals surface area contributed by atoms with Gasteiger partial charge >= 0.3 is 0 Å². The first-order valence-corrected chi connectivity index (χ1v) is 6.70. The van der Waals surface area contributed by atoms with Gasteiger partial charge in [-0.05, 0) is 24.3 Å². The second-order valence-corrected chi connectivity index (χ2v) is 5.49. The Morgan fingerprint density at radius 2 is 1.81 bits per heavy atom. The minimum Gasteiger partial charge on any atom is -0.384 e. The minimum absolute atomic E-state index is 0.0892. The molecule has 1 aromatic rings. The van der Waals surface area contributed by atoms with Crippen LogP contribution >= 0.6 is 0 Å². The van der Waals surface area contributed by atoms with Gasteiger partial charge in [-0.1, -0.05) is 0 Å². The fourth-order valence-electron chi connectivity index (χ4n) is 1.75. The number of nitrogens with one attached hydrogen (secondary N) is 1. The SMILES string of the molecule is N=C(N)c1ccc(N2CCS(=O)CC2)cc1. The van der Waals surface area contributed by atoms with Crippen LogP contribution in [0.1, 0.15) is 5.56 Å². The zero-order valence-corrected chi connectivity index (χ0v) is 9.80. The lowest BCUT2D eigenvalue weighted by atomic mass is 10.2. The minimum atomic E-state index is -0.642. The molecular weight excluding hydrogens is 222 g/mol. The maximum Gasteiger partial charge on any atom is 0.122 e. The van der Waals surface area contributed by atoms with Crippen molar-refractivity contribution in [2.75, 3.05) is 29.5 Å². The van der Waals surface area contributed by atoms with Gasteiger partial charge in [-0.3, -0.25) is 9.62 Å². The molecule has 1 fully saturated rings. The second kappa shape index (κ2) is 4.65. The number of benzene rings is 1. The van der Waals surface area contributed by atoms with Gasteiger partial charge in [0.15, 0.2) is 0 Å². The van der Waals surface area contributed by atoms with E-state index >= 15 is 0 Å². The number of rotatable bonds is 2. The largest absolute Gasteiger partial charge is 0.384 e. The molecule has 1 heterocycles. The first-order valence-electron chi connectivity index (χ1n) is 5.21. The molecule has 0 spiro atoms. The Bertz CT molecular complexity index is 406. The smallest absolute Gasteiger partial charge is 0.122 e. The Morgan fingerprint density at radius 3 is 2.31 bits per heavy atom. The molecule has 3 N–H and O–H groups in total. The van der Waals surface area contributed by atoms with E-state index in [0.29, 0.717) is 0 Å². The van der Waals surface area contributed by atoms with Crippen LogP contribution in [0.4, 0.5) is 5.69 Å². The summed E-state index contributed by atoms with van der Waals surface area (Å²) in [7, 11) is -0.642. The van der Waals surface area contributed by atoms with E-state index in [9.17, 15) is 4.21 Å². The summed E-state index contributed by atoms with van der Waals surface area (Å²) in [6.45, 7) is 1.68. The van der Waals surface area contributed by atoms with Crippen molar-refractivity contribution >= 4 is 22.3 Å². The molecule has 5 heteroatoms. The summed E-state index contributed by atoms with van der Waals surface area (Å²) < 4.78 is 11.2. The van der Waals surface area contributed by atoms with Crippen molar-refractivity contribution in [1.29, 1.82) is 5.41 Å². The van der Waals surface area contributed by atoms with Gasteiger partial charge in [0.05, 0.1) is 0 Å². The van der Waals surface area contributed by atoms with Crippen LogP contribution in [0.15, 0.2) is 24.3 Å². The van der Waals surface area contributed by atoms with E-state index in [0.717, 1.165) is 35.8 Å². The molecule has 0 atom stereocenters. The molecule has 86 valence electrons. The molecule has 0 saturated carbocycles. The van der Waals surface area contributed by atoms with Crippen LogP contribution in [-0.4, -0.2) is 34.6 Å². The number of nitrogen functional groups attached to an aromatic ring is 1. The fraction of sp³-hybridized carbons (Fsp3) is 0.364. The zero-order chi connectivity index (χ0) is 11.5. The molecule has 2 rings (SSSR count). The average Bonchev–Trinajstić information content (AvgIpc) is 2.30. The summed E-state index contributed by atoms with van der Waals surface area (Å²) in [5.41, 5.74) is 7.24. The van der Waals surface area contributed by atoms with Crippen LogP contribution in [0.5, 0.6) is 0 Å². The molecule has 0 aliphatic carbocycles. The first kappa shape index (κ1) is 11.1. The van der Waals surface area contributed by atoms with Gasteiger partial charge < -0.3 is 10.6 Å². The fourth-order valence-corrected chi connectivity index (χ4v) is 2.80. The number of anilines is 1. The second-order valence-electron chi connectivity index (χ2n) is 3.80. The quantitative estimate of drug-likeness (QED) is 0.582. The monoisotopic (exact) mass is 237 g/mol. The summed E-state index contributed by atoms with van der Waals surface area (Å²) >= 11 is 0. The maximum absolute atomic E-state index is 11.2. The molecule has 0 bridgehead atoms. The number of nitrogens with zero attached hydrogens (tertiary/aromatic N) is 1. The topological polar surface area (TPSA) is 70.2 Å². The highest BCUT2D eigenvalue weighted by atomic mass is 32.2. The molecule has 1 aromatic carbocycles. The molecule has 1 saturated heterocycles. The van der Waals surface area contributed by atoms with Gasteiger partial charge in [0.1, 0.15) is 5.84 Å². The number of hydrogen-bond acceptors (Lipinski definition) is 3. The lowest BCUT2D eigenvalue weighted by molar-refractivity contribution is 0.673. The lowest BCUT2D eigenvalue weighted by Crippen LogP contribution is -2.37. The van der Waals surface area contributed by atoms with Crippen molar-refractivity contribution in [2.45, 2.75) is 0 Å². The van der Waals surface area contributed by atoms with Crippen LogP contribution in [-0.2, 0) is 10.8 Å². The van der Waals surface area contributed by atoms with E-state index in [1.54, 1.807) is 0 Å². The summed E-state index contributed by atoms with van der Waals surface area (Å²) in [5.74, 6) is 1.58. The molecule has 1 aliphatic rings. The van der Waals surface area contributed by atoms with Crippen molar-refractivity contribution in [3.05, 3.63) is 29.8 Å². The molecule has 4 nitrogen and oxygen atoms in total. The highest BCUT2D eigenvalue weighted by Crippen LogP contribution is 2.16. The molecule has 0 amide bonds. The third-order valence-electron chi connectivity index (χ3n) is 2.72. The van der Waals surface area contributed by atoms with Crippen LogP contribution in [0, 0.1) is 5.41 Å². The highest BCUT2D eigenvalue weighted by molar-refractivity contribution is 7.85. The van der Waals surface area contributed by atoms with Gasteiger partial charge in [0.2, 0.25) is 0 Å². The Hall–Kier alpha value is -1.36. The predicted molar refractivity (Wildman–Crippen MR) is 67.5 cm³/mol. The van der Waals surface area contributed by atoms with E-state index in [4.69, 9.17) is 11.1 Å². The van der Waals surface area contributed by atoms with Gasteiger partial charge in [-0.15, -0.1) is 0 Å². The van der Waals surface area contributed by atoms with E-state index in [1.807, 2.05) is 24.3 Å². The van der Waals surface area contributed by atoms with Gasteiger partial charge in [-0.2, -0.15) is 0 Å². The molecule has 0 aromatic heterocycles. The average molecular weight is 237 g/mol. The maximum atomic E-state index is 11.2. The molecule has 16 heavy (non-hydrogen) atoms. The van der Waals surface area contributed by atoms with Crippen LogP contribution < -0.4 is 10.6 Å². The number of nitrogens with two attached hydrogens (primary N) is 1. The van der Waals surface area contributed by atoms with Crippen molar-refractivity contribution in [2.24, 2.45) is 5.73 Å². The van der Waals surface area contributed by atoms with E-state index in [1.165, 1.54) is 0 Å². The summed E-state index contributed by atoms with van der Waals surface area (Å²) in [5, 5.41) is 7.30. The first-order chi connectivity index (χ1) is 7.66. The van der Waals surface area contributed by atoms with Crippen molar-refractivity contribution < 1.29 is 4.21 Å². The van der Waals surface area contributed by atoms with Gasteiger partial charge in [-0.25, -0.2) is 0 Å². The van der Waals surface area contributed by atoms with Gasteiger partial charge in [0.25, 0.3) is 0 Å². The highest BCUT2D eigenvalue weighted by Gasteiger charge is 2.15. The third-order valence-corrected chi connectivity index (χ3v) is 4.00. The zero-order valence-electron chi connectivity index (χ0n) is 8.98. The number of hydrogen-bond donors (Lipinski definition) is 2. The molecule has 1 aliphatic heterocycles. The Kier molecular flexibility index (Phi) is 3.24. The van der Waals surface area contributed by atoms with E-state index in [2.05, 4.69) is 4.90 Å².